The maximum Gasteiger partial charge on any atom is 0.472 e. The van der Waals surface area contributed by atoms with E-state index in [1.54, 1.807) is 42.5 Å². The second-order valence-corrected chi connectivity index (χ2v) is 16.4. The number of rotatable bonds is 40. The van der Waals surface area contributed by atoms with Gasteiger partial charge >= 0.3 is 19.8 Å². The molecule has 1 unspecified atom stereocenters. The highest BCUT2D eigenvalue weighted by molar-refractivity contribution is 7.47. The Morgan fingerprint density at radius 3 is 1.62 bits per heavy atom. The standard InChI is InChI=1S/C44H79O13P/c1-3-5-7-8-9-10-11-12-13-14-15-16-17-22-26-32-43(50)54-36-40(37-56-58(52,53)55-35-39(47)34-45)57-44(51)33-27-31-42(49)41(48)30-25-21-19-18-20-24-29-38(46)28-23-6-4-2/h18-21,24-25,29-30,38-42,45-49H,3-17,22-23,26-28,31-37H2,1-2H3,(H,52,53)/b20-18-,21-19+,29-24+,30-25+/t38-,39-,40+,41-,42-/m0/s1. The minimum absolute atomic E-state index is 0.0673. The van der Waals surface area contributed by atoms with Gasteiger partial charge in [0, 0.05) is 12.8 Å². The first-order valence-corrected chi connectivity index (χ1v) is 23.4. The SMILES string of the molecule is CCCCCCCCCCCCCCCCCC(=O)OC[C@H](COP(=O)(O)OC[C@@H](O)CO)OC(=O)CCC[C@H](O)[C@@H](O)/C=C/C=C/C=C\C=C\[C@@H](O)CCCCC. The zero-order valence-electron chi connectivity index (χ0n) is 35.6. The highest BCUT2D eigenvalue weighted by Crippen LogP contribution is 2.43. The normalized spacial score (nSPS) is 15.9. The van der Waals surface area contributed by atoms with Crippen molar-refractivity contribution >= 4 is 19.8 Å². The van der Waals surface area contributed by atoms with Gasteiger partial charge in [0.2, 0.25) is 0 Å². The summed E-state index contributed by atoms with van der Waals surface area (Å²) in [5, 5.41) is 48.8. The lowest BCUT2D eigenvalue weighted by Gasteiger charge is -2.20. The Kier molecular flexibility index (Phi) is 37.5. The molecular weight excluding hydrogens is 767 g/mol. The van der Waals surface area contributed by atoms with Crippen molar-refractivity contribution in [2.75, 3.05) is 26.4 Å². The molecule has 6 N–H and O–H groups in total. The number of aliphatic hydroxyl groups excluding tert-OH is 5. The first-order valence-electron chi connectivity index (χ1n) is 21.9. The van der Waals surface area contributed by atoms with Crippen LogP contribution in [0.2, 0.25) is 0 Å². The summed E-state index contributed by atoms with van der Waals surface area (Å²) >= 11 is 0. The zero-order valence-corrected chi connectivity index (χ0v) is 36.5. The van der Waals surface area contributed by atoms with E-state index in [-0.39, 0.29) is 25.7 Å². The minimum atomic E-state index is -4.71. The highest BCUT2D eigenvalue weighted by Gasteiger charge is 2.27. The predicted molar refractivity (Wildman–Crippen MR) is 228 cm³/mol. The van der Waals surface area contributed by atoms with Crippen LogP contribution in [0, 0.1) is 0 Å². The number of ether oxygens (including phenoxy) is 2. The molecule has 0 fully saturated rings. The summed E-state index contributed by atoms with van der Waals surface area (Å²) in [6.07, 6.45) is 30.1. The molecule has 0 saturated heterocycles. The summed E-state index contributed by atoms with van der Waals surface area (Å²) in [7, 11) is -4.71. The van der Waals surface area contributed by atoms with Crippen molar-refractivity contribution in [3.8, 4) is 0 Å². The third-order valence-corrected chi connectivity index (χ3v) is 10.3. The van der Waals surface area contributed by atoms with Crippen molar-refractivity contribution in [2.45, 2.75) is 192 Å². The van der Waals surface area contributed by atoms with Gasteiger partial charge in [-0.15, -0.1) is 0 Å². The van der Waals surface area contributed by atoms with Crippen LogP contribution in [-0.2, 0) is 32.7 Å². The van der Waals surface area contributed by atoms with Crippen LogP contribution in [0.5, 0.6) is 0 Å². The van der Waals surface area contributed by atoms with E-state index in [9.17, 15) is 39.5 Å². The van der Waals surface area contributed by atoms with E-state index in [2.05, 4.69) is 18.4 Å². The molecule has 0 aliphatic heterocycles. The van der Waals surface area contributed by atoms with Gasteiger partial charge in [-0.25, -0.2) is 4.57 Å². The van der Waals surface area contributed by atoms with Crippen LogP contribution in [0.1, 0.15) is 162 Å². The Labute approximate surface area is 349 Å². The molecular formula is C44H79O13P. The van der Waals surface area contributed by atoms with Crippen molar-refractivity contribution in [3.63, 3.8) is 0 Å². The number of hydrogen-bond acceptors (Lipinski definition) is 12. The first-order chi connectivity index (χ1) is 27.9. The van der Waals surface area contributed by atoms with Gasteiger partial charge in [0.15, 0.2) is 6.10 Å². The van der Waals surface area contributed by atoms with E-state index in [1.807, 2.05) is 0 Å². The van der Waals surface area contributed by atoms with E-state index in [0.717, 1.165) is 44.9 Å². The maximum atomic E-state index is 12.6. The lowest BCUT2D eigenvalue weighted by atomic mass is 10.0. The first kappa shape index (κ1) is 55.8. The van der Waals surface area contributed by atoms with Crippen LogP contribution in [-0.4, -0.2) is 99.3 Å². The molecule has 13 nitrogen and oxygen atoms in total. The maximum absolute atomic E-state index is 12.6. The molecule has 0 aromatic rings. The monoisotopic (exact) mass is 847 g/mol. The number of allylic oxidation sites excluding steroid dienone is 6. The Morgan fingerprint density at radius 2 is 1.05 bits per heavy atom. The van der Waals surface area contributed by atoms with Crippen molar-refractivity contribution in [3.05, 3.63) is 48.6 Å². The van der Waals surface area contributed by atoms with Crippen molar-refractivity contribution in [1.29, 1.82) is 0 Å². The molecule has 0 bridgehead atoms. The molecule has 0 saturated carbocycles. The third-order valence-electron chi connectivity index (χ3n) is 9.35. The largest absolute Gasteiger partial charge is 0.472 e. The summed E-state index contributed by atoms with van der Waals surface area (Å²) in [6.45, 7) is 1.88. The van der Waals surface area contributed by atoms with Crippen LogP contribution < -0.4 is 0 Å². The lowest BCUT2D eigenvalue weighted by molar-refractivity contribution is -0.161. The fourth-order valence-corrected chi connectivity index (χ4v) is 6.58. The summed E-state index contributed by atoms with van der Waals surface area (Å²) in [6, 6.07) is 0. The van der Waals surface area contributed by atoms with Gasteiger partial charge in [-0.1, -0.05) is 172 Å². The Hall–Kier alpha value is -2.19. The smallest absolute Gasteiger partial charge is 0.462 e. The van der Waals surface area contributed by atoms with E-state index >= 15 is 0 Å². The second-order valence-electron chi connectivity index (χ2n) is 14.9. The molecule has 0 aliphatic carbocycles. The molecule has 0 spiro atoms. The average molecular weight is 847 g/mol. The van der Waals surface area contributed by atoms with Crippen LogP contribution in [0.15, 0.2) is 48.6 Å². The van der Waals surface area contributed by atoms with E-state index in [4.69, 9.17) is 19.1 Å². The van der Waals surface area contributed by atoms with Crippen molar-refractivity contribution in [1.82, 2.24) is 0 Å². The number of hydrogen-bond donors (Lipinski definition) is 6. The van der Waals surface area contributed by atoms with Crippen LogP contribution >= 0.6 is 7.82 Å². The summed E-state index contributed by atoms with van der Waals surface area (Å²) in [5.74, 6) is -1.25. The Bertz CT molecular complexity index is 1160. The van der Waals surface area contributed by atoms with Crippen LogP contribution in [0.3, 0.4) is 0 Å². The molecule has 0 aromatic heterocycles. The van der Waals surface area contributed by atoms with E-state index in [1.165, 1.54) is 76.7 Å². The zero-order chi connectivity index (χ0) is 43.1. The fourth-order valence-electron chi connectivity index (χ4n) is 5.79. The number of phosphoric acid groups is 1. The van der Waals surface area contributed by atoms with E-state index < -0.39 is 76.7 Å². The van der Waals surface area contributed by atoms with E-state index in [0.29, 0.717) is 6.42 Å². The molecule has 14 heteroatoms. The lowest BCUT2D eigenvalue weighted by Crippen LogP contribution is -2.30. The minimum Gasteiger partial charge on any atom is -0.462 e. The molecule has 58 heavy (non-hydrogen) atoms. The second kappa shape index (κ2) is 39.0. The molecule has 6 atom stereocenters. The topological polar surface area (TPSA) is 210 Å². The van der Waals surface area contributed by atoms with Gasteiger partial charge in [0.1, 0.15) is 12.7 Å². The number of esters is 2. The quantitative estimate of drug-likeness (QED) is 0.0149. The highest BCUT2D eigenvalue weighted by atomic mass is 31.2. The fraction of sp³-hybridized carbons (Fsp3) is 0.773. The van der Waals surface area contributed by atoms with Crippen LogP contribution in [0.25, 0.3) is 0 Å². The molecule has 0 radical (unpaired) electrons. The Morgan fingerprint density at radius 1 is 0.569 bits per heavy atom. The van der Waals surface area contributed by atoms with Crippen LogP contribution in [0.4, 0.5) is 0 Å². The molecule has 0 aliphatic rings. The van der Waals surface area contributed by atoms with Crippen molar-refractivity contribution < 1.29 is 63.1 Å². The molecule has 0 rings (SSSR count). The van der Waals surface area contributed by atoms with Gasteiger partial charge in [0.25, 0.3) is 0 Å². The number of carbonyl (C=O) groups is 2. The number of carbonyl (C=O) groups excluding carboxylic acids is 2. The average Bonchev–Trinajstić information content (AvgIpc) is 3.20. The molecule has 338 valence electrons. The molecule has 0 aromatic carbocycles. The van der Waals surface area contributed by atoms with Gasteiger partial charge in [-0.05, 0) is 25.7 Å². The number of unbranched alkanes of at least 4 members (excludes halogenated alkanes) is 16. The summed E-state index contributed by atoms with van der Waals surface area (Å²) < 4.78 is 32.5. The number of aliphatic hydroxyl groups is 5. The third kappa shape index (κ3) is 36.9. The molecule has 0 amide bonds. The number of phosphoric ester groups is 1. The van der Waals surface area contributed by atoms with Crippen molar-refractivity contribution in [2.24, 2.45) is 0 Å². The van der Waals surface area contributed by atoms with Gasteiger partial charge in [-0.2, -0.15) is 0 Å². The predicted octanol–water partition coefficient (Wildman–Crippen LogP) is 8.25. The van der Waals surface area contributed by atoms with Gasteiger partial charge in [0.05, 0.1) is 38.1 Å². The molecule has 0 heterocycles. The van der Waals surface area contributed by atoms with Gasteiger partial charge < -0.3 is 39.9 Å². The van der Waals surface area contributed by atoms with Gasteiger partial charge in [-0.3, -0.25) is 18.6 Å². The summed E-state index contributed by atoms with van der Waals surface area (Å²) in [4.78, 5) is 35.0. The Balaban J connectivity index is 4.63. The summed E-state index contributed by atoms with van der Waals surface area (Å²) in [5.41, 5.74) is 0.